The van der Waals surface area contributed by atoms with Gasteiger partial charge >= 0.3 is 0 Å². The van der Waals surface area contributed by atoms with E-state index >= 15 is 0 Å². The Hall–Kier alpha value is -3.09. The fourth-order valence-corrected chi connectivity index (χ4v) is 2.88. The van der Waals surface area contributed by atoms with Crippen molar-refractivity contribution in [3.63, 3.8) is 0 Å². The highest BCUT2D eigenvalue weighted by molar-refractivity contribution is 5.75. The summed E-state index contributed by atoms with van der Waals surface area (Å²) >= 11 is 0. The maximum absolute atomic E-state index is 5.34. The lowest BCUT2D eigenvalue weighted by Gasteiger charge is -2.11. The van der Waals surface area contributed by atoms with Crippen molar-refractivity contribution in [1.82, 2.24) is 20.3 Å². The van der Waals surface area contributed by atoms with E-state index in [-0.39, 0.29) is 11.9 Å². The molecule has 12 N–H and O–H groups in total. The van der Waals surface area contributed by atoms with E-state index in [2.05, 4.69) is 46.2 Å². The van der Waals surface area contributed by atoms with E-state index in [1.54, 1.807) is 0 Å². The average Bonchev–Trinajstić information content (AvgIpc) is 2.77. The summed E-state index contributed by atoms with van der Waals surface area (Å²) in [6, 6.07) is 0. The van der Waals surface area contributed by atoms with E-state index in [0.29, 0.717) is 44.0 Å². The van der Waals surface area contributed by atoms with Crippen LogP contribution in [0, 0.1) is 0 Å². The second-order valence-electron chi connectivity index (χ2n) is 7.63. The van der Waals surface area contributed by atoms with Crippen LogP contribution in [-0.2, 0) is 0 Å². The minimum absolute atomic E-state index is 0.118. The zero-order valence-electron chi connectivity index (χ0n) is 19.9. The normalized spacial score (nSPS) is 10.5. The van der Waals surface area contributed by atoms with Crippen LogP contribution in [0.2, 0.25) is 0 Å². The third-order valence-electron chi connectivity index (χ3n) is 4.60. The van der Waals surface area contributed by atoms with Crippen molar-refractivity contribution in [3.8, 4) is 0 Å². The SMILES string of the molecule is CNCCCCCCNc1nc(NCCCCN=C(N)N)nc(NCCCCN=C(N)N)n1. The molecule has 13 heteroatoms. The highest BCUT2D eigenvalue weighted by Crippen LogP contribution is 2.11. The van der Waals surface area contributed by atoms with Crippen LogP contribution in [-0.4, -0.2) is 73.2 Å². The van der Waals surface area contributed by atoms with Crippen molar-refractivity contribution >= 4 is 29.8 Å². The number of nitrogens with zero attached hydrogens (tertiary/aromatic N) is 5. The molecule has 1 rings (SSSR count). The molecule has 0 saturated carbocycles. The van der Waals surface area contributed by atoms with Gasteiger partial charge in [-0.15, -0.1) is 0 Å². The predicted molar refractivity (Wildman–Crippen MR) is 138 cm³/mol. The monoisotopic (exact) mass is 465 g/mol. The van der Waals surface area contributed by atoms with Crippen molar-refractivity contribution in [3.05, 3.63) is 0 Å². The number of nitrogens with two attached hydrogens (primary N) is 4. The number of aromatic nitrogens is 3. The van der Waals surface area contributed by atoms with Gasteiger partial charge in [0.2, 0.25) is 17.8 Å². The molecule has 0 fully saturated rings. The van der Waals surface area contributed by atoms with Crippen LogP contribution in [0.1, 0.15) is 51.4 Å². The van der Waals surface area contributed by atoms with Crippen molar-refractivity contribution in [1.29, 1.82) is 0 Å². The van der Waals surface area contributed by atoms with Crippen molar-refractivity contribution < 1.29 is 0 Å². The molecule has 0 atom stereocenters. The molecule has 0 aliphatic heterocycles. The topological polar surface area (TPSA) is 216 Å². The van der Waals surface area contributed by atoms with Crippen LogP contribution in [0.15, 0.2) is 9.98 Å². The number of hydrogen-bond donors (Lipinski definition) is 8. The summed E-state index contributed by atoms with van der Waals surface area (Å²) in [6.07, 6.45) is 8.16. The first-order valence-corrected chi connectivity index (χ1v) is 11.7. The number of unbranched alkanes of at least 4 members (excludes halogenated alkanes) is 5. The number of aliphatic imine (C=N–C) groups is 2. The van der Waals surface area contributed by atoms with Gasteiger partial charge in [-0.3, -0.25) is 9.98 Å². The van der Waals surface area contributed by atoms with Crippen molar-refractivity contribution in [2.24, 2.45) is 32.9 Å². The molecule has 0 amide bonds. The predicted octanol–water partition coefficient (Wildman–Crippen LogP) is -0.00570. The first-order valence-electron chi connectivity index (χ1n) is 11.7. The summed E-state index contributed by atoms with van der Waals surface area (Å²) in [5, 5.41) is 13.0. The molecule has 0 saturated heterocycles. The second kappa shape index (κ2) is 18.5. The highest BCUT2D eigenvalue weighted by atomic mass is 15.3. The van der Waals surface area contributed by atoms with Gasteiger partial charge in [0.05, 0.1) is 0 Å². The molecule has 188 valence electrons. The molecule has 1 aromatic heterocycles. The Morgan fingerprint density at radius 2 is 0.939 bits per heavy atom. The summed E-state index contributed by atoms with van der Waals surface area (Å²) in [5.41, 5.74) is 21.4. The number of hydrogen-bond acceptors (Lipinski definition) is 9. The fraction of sp³-hybridized carbons (Fsp3) is 0.750. The van der Waals surface area contributed by atoms with Gasteiger partial charge in [-0.1, -0.05) is 12.8 Å². The lowest BCUT2D eigenvalue weighted by Crippen LogP contribution is -2.23. The van der Waals surface area contributed by atoms with E-state index in [9.17, 15) is 0 Å². The first-order chi connectivity index (χ1) is 16.0. The Labute approximate surface area is 197 Å². The van der Waals surface area contributed by atoms with E-state index in [0.717, 1.165) is 45.2 Å². The molecule has 33 heavy (non-hydrogen) atoms. The van der Waals surface area contributed by atoms with Gasteiger partial charge in [0.1, 0.15) is 0 Å². The van der Waals surface area contributed by atoms with Gasteiger partial charge in [-0.2, -0.15) is 15.0 Å². The molecular weight excluding hydrogens is 422 g/mol. The highest BCUT2D eigenvalue weighted by Gasteiger charge is 2.06. The second-order valence-corrected chi connectivity index (χ2v) is 7.63. The molecule has 0 unspecified atom stereocenters. The van der Waals surface area contributed by atoms with E-state index in [1.807, 2.05) is 7.05 Å². The van der Waals surface area contributed by atoms with Crippen LogP contribution >= 0.6 is 0 Å². The molecule has 0 aliphatic carbocycles. The third kappa shape index (κ3) is 16.2. The summed E-state index contributed by atoms with van der Waals surface area (Å²) < 4.78 is 0. The molecule has 1 heterocycles. The molecule has 13 nitrogen and oxygen atoms in total. The Balaban J connectivity index is 2.52. The maximum Gasteiger partial charge on any atom is 0.229 e. The zero-order valence-corrected chi connectivity index (χ0v) is 19.9. The van der Waals surface area contributed by atoms with Gasteiger partial charge < -0.3 is 44.2 Å². The minimum Gasteiger partial charge on any atom is -0.370 e. The summed E-state index contributed by atoms with van der Waals surface area (Å²) in [6.45, 7) is 4.52. The van der Waals surface area contributed by atoms with Crippen LogP contribution in [0.25, 0.3) is 0 Å². The van der Waals surface area contributed by atoms with E-state index in [1.165, 1.54) is 19.3 Å². The molecular formula is C20H43N13. The molecule has 0 aromatic carbocycles. The number of nitrogens with one attached hydrogen (secondary N) is 4. The third-order valence-corrected chi connectivity index (χ3v) is 4.60. The Morgan fingerprint density at radius 3 is 1.30 bits per heavy atom. The Bertz CT molecular complexity index is 638. The minimum atomic E-state index is 0.118. The molecule has 1 aromatic rings. The van der Waals surface area contributed by atoms with Crippen LogP contribution in [0.3, 0.4) is 0 Å². The van der Waals surface area contributed by atoms with Crippen molar-refractivity contribution in [2.45, 2.75) is 51.4 Å². The summed E-state index contributed by atoms with van der Waals surface area (Å²) in [5.74, 6) is 1.86. The number of rotatable bonds is 20. The lowest BCUT2D eigenvalue weighted by atomic mass is 10.2. The van der Waals surface area contributed by atoms with Crippen LogP contribution < -0.4 is 44.2 Å². The number of guanidine groups is 2. The molecule has 0 aliphatic rings. The van der Waals surface area contributed by atoms with E-state index < -0.39 is 0 Å². The van der Waals surface area contributed by atoms with Gasteiger partial charge in [0.25, 0.3) is 0 Å². The van der Waals surface area contributed by atoms with Gasteiger partial charge in [-0.05, 0) is 52.1 Å². The molecule has 0 radical (unpaired) electrons. The van der Waals surface area contributed by atoms with Crippen LogP contribution in [0.4, 0.5) is 17.8 Å². The first kappa shape index (κ1) is 27.9. The Kier molecular flexibility index (Phi) is 15.6. The molecule has 0 spiro atoms. The van der Waals surface area contributed by atoms with Gasteiger partial charge in [0.15, 0.2) is 11.9 Å². The zero-order chi connectivity index (χ0) is 24.2. The van der Waals surface area contributed by atoms with Crippen LogP contribution in [0.5, 0.6) is 0 Å². The fourth-order valence-electron chi connectivity index (χ4n) is 2.88. The average molecular weight is 466 g/mol. The summed E-state index contributed by atoms with van der Waals surface area (Å²) in [4.78, 5) is 21.4. The number of anilines is 3. The smallest absolute Gasteiger partial charge is 0.229 e. The largest absolute Gasteiger partial charge is 0.370 e. The summed E-state index contributed by atoms with van der Waals surface area (Å²) in [7, 11) is 1.98. The van der Waals surface area contributed by atoms with Gasteiger partial charge in [-0.25, -0.2) is 0 Å². The van der Waals surface area contributed by atoms with Crippen molar-refractivity contribution in [2.75, 3.05) is 62.3 Å². The van der Waals surface area contributed by atoms with E-state index in [4.69, 9.17) is 22.9 Å². The van der Waals surface area contributed by atoms with Gasteiger partial charge in [0, 0.05) is 32.7 Å². The molecule has 0 bridgehead atoms. The Morgan fingerprint density at radius 1 is 0.576 bits per heavy atom. The maximum atomic E-state index is 5.34. The standard InChI is InChI=1S/C20H43N13/c1-25-10-4-2-3-5-13-28-18-31-19(29-14-8-6-11-26-16(21)22)33-20(32-18)30-15-9-7-12-27-17(23)24/h25H,2-15H2,1H3,(H4,21,22,26)(H4,23,24,27)(H3,28,29,30,31,32,33). The lowest BCUT2D eigenvalue weighted by molar-refractivity contribution is 0.626. The quantitative estimate of drug-likeness (QED) is 0.0727.